The maximum Gasteiger partial charge on any atom is 0.226 e. The van der Waals surface area contributed by atoms with Crippen molar-refractivity contribution >= 4 is 17.7 Å². The Morgan fingerprint density at radius 3 is 2.94 bits per heavy atom. The molecule has 1 aliphatic rings. The summed E-state index contributed by atoms with van der Waals surface area (Å²) in [5.74, 6) is 0.623. The van der Waals surface area contributed by atoms with Gasteiger partial charge in [-0.05, 0) is 18.7 Å². The van der Waals surface area contributed by atoms with Gasteiger partial charge in [-0.3, -0.25) is 0 Å². The van der Waals surface area contributed by atoms with Gasteiger partial charge in [0.15, 0.2) is 0 Å². The van der Waals surface area contributed by atoms with Gasteiger partial charge < -0.3 is 15.1 Å². The first kappa shape index (κ1) is 11.6. The van der Waals surface area contributed by atoms with E-state index in [1.165, 1.54) is 0 Å². The minimum Gasteiger partial charge on any atom is -0.390 e. The molecular formula is C10H15N3O2S. The normalized spacial score (nSPS) is 25.8. The van der Waals surface area contributed by atoms with Gasteiger partial charge in [-0.25, -0.2) is 9.97 Å². The zero-order chi connectivity index (χ0) is 11.5. The Hall–Kier alpha value is -0.850. The van der Waals surface area contributed by atoms with Crippen LogP contribution in [-0.4, -0.2) is 51.7 Å². The number of rotatable bonds is 2. The second-order valence-corrected chi connectivity index (χ2v) is 4.59. The highest BCUT2D eigenvalue weighted by atomic mass is 32.2. The largest absolute Gasteiger partial charge is 0.390 e. The molecule has 6 heteroatoms. The number of thioether (sulfide) groups is 1. The van der Waals surface area contributed by atoms with Crippen LogP contribution in [0.3, 0.4) is 0 Å². The van der Waals surface area contributed by atoms with Crippen LogP contribution in [0, 0.1) is 0 Å². The topological polar surface area (TPSA) is 69.5 Å². The molecule has 5 nitrogen and oxygen atoms in total. The molecule has 0 bridgehead atoms. The van der Waals surface area contributed by atoms with E-state index < -0.39 is 12.2 Å². The van der Waals surface area contributed by atoms with Crippen LogP contribution in [0.5, 0.6) is 0 Å². The molecule has 88 valence electrons. The van der Waals surface area contributed by atoms with E-state index in [0.29, 0.717) is 25.5 Å². The van der Waals surface area contributed by atoms with Crippen molar-refractivity contribution in [2.75, 3.05) is 24.2 Å². The summed E-state index contributed by atoms with van der Waals surface area (Å²) in [6.07, 6.45) is 2.89. The van der Waals surface area contributed by atoms with E-state index in [4.69, 9.17) is 0 Å². The van der Waals surface area contributed by atoms with E-state index in [1.54, 1.807) is 18.0 Å². The standard InChI is InChI=1S/C10H15N3O2S/c1-16-9-2-4-11-10(12-9)13-5-3-7(14)8(15)6-13/h2,4,7-8,14-15H,3,5-6H2,1H3/t7-,8-/m1/s1. The first-order chi connectivity index (χ1) is 7.70. The number of nitrogens with zero attached hydrogens (tertiary/aromatic N) is 3. The first-order valence-electron chi connectivity index (χ1n) is 5.19. The van der Waals surface area contributed by atoms with Crippen molar-refractivity contribution in [1.29, 1.82) is 0 Å². The molecule has 0 spiro atoms. The maximum atomic E-state index is 9.58. The van der Waals surface area contributed by atoms with Crippen LogP contribution in [0.1, 0.15) is 6.42 Å². The highest BCUT2D eigenvalue weighted by Gasteiger charge is 2.27. The van der Waals surface area contributed by atoms with Crippen molar-refractivity contribution in [1.82, 2.24) is 9.97 Å². The van der Waals surface area contributed by atoms with E-state index in [-0.39, 0.29) is 0 Å². The summed E-state index contributed by atoms with van der Waals surface area (Å²) in [6, 6.07) is 1.85. The van der Waals surface area contributed by atoms with Crippen molar-refractivity contribution in [3.63, 3.8) is 0 Å². The monoisotopic (exact) mass is 241 g/mol. The Morgan fingerprint density at radius 1 is 1.44 bits per heavy atom. The Kier molecular flexibility index (Phi) is 3.63. The van der Waals surface area contributed by atoms with Gasteiger partial charge in [0.1, 0.15) is 5.03 Å². The number of aromatic nitrogens is 2. The average molecular weight is 241 g/mol. The van der Waals surface area contributed by atoms with Gasteiger partial charge in [-0.15, -0.1) is 11.8 Å². The molecule has 2 atom stereocenters. The zero-order valence-electron chi connectivity index (χ0n) is 9.08. The summed E-state index contributed by atoms with van der Waals surface area (Å²) >= 11 is 1.56. The summed E-state index contributed by atoms with van der Waals surface area (Å²) in [5.41, 5.74) is 0. The van der Waals surface area contributed by atoms with E-state index in [2.05, 4.69) is 9.97 Å². The fourth-order valence-electron chi connectivity index (χ4n) is 1.70. The molecule has 0 saturated carbocycles. The van der Waals surface area contributed by atoms with Crippen molar-refractivity contribution in [2.45, 2.75) is 23.7 Å². The third-order valence-corrected chi connectivity index (χ3v) is 3.30. The summed E-state index contributed by atoms with van der Waals surface area (Å²) < 4.78 is 0. The molecule has 0 unspecified atom stereocenters. The van der Waals surface area contributed by atoms with Gasteiger partial charge in [-0.2, -0.15) is 0 Å². The minimum atomic E-state index is -0.713. The molecule has 1 aromatic rings. The first-order valence-corrected chi connectivity index (χ1v) is 6.41. The molecule has 1 saturated heterocycles. The third-order valence-electron chi connectivity index (χ3n) is 2.66. The fourth-order valence-corrected chi connectivity index (χ4v) is 2.07. The number of piperidine rings is 1. The van der Waals surface area contributed by atoms with Crippen LogP contribution in [0.25, 0.3) is 0 Å². The Labute approximate surface area is 98.5 Å². The third kappa shape index (κ3) is 2.45. The van der Waals surface area contributed by atoms with Crippen LogP contribution in [0.15, 0.2) is 17.3 Å². The quantitative estimate of drug-likeness (QED) is 0.566. The highest BCUT2D eigenvalue weighted by Crippen LogP contribution is 2.19. The molecule has 2 rings (SSSR count). The molecule has 1 aliphatic heterocycles. The van der Waals surface area contributed by atoms with Gasteiger partial charge in [0.2, 0.25) is 5.95 Å². The van der Waals surface area contributed by atoms with Gasteiger partial charge in [0.25, 0.3) is 0 Å². The molecule has 2 heterocycles. The summed E-state index contributed by atoms with van der Waals surface area (Å²) in [6.45, 7) is 1.06. The molecule has 1 aromatic heterocycles. The van der Waals surface area contributed by atoms with E-state index in [9.17, 15) is 10.2 Å². The van der Waals surface area contributed by atoms with Crippen LogP contribution in [-0.2, 0) is 0 Å². The second kappa shape index (κ2) is 4.99. The zero-order valence-corrected chi connectivity index (χ0v) is 9.89. The van der Waals surface area contributed by atoms with Gasteiger partial charge in [0, 0.05) is 19.3 Å². The van der Waals surface area contributed by atoms with Crippen LogP contribution in [0.2, 0.25) is 0 Å². The minimum absolute atomic E-state index is 0.388. The number of hydrogen-bond donors (Lipinski definition) is 2. The smallest absolute Gasteiger partial charge is 0.226 e. The van der Waals surface area contributed by atoms with E-state index >= 15 is 0 Å². The lowest BCUT2D eigenvalue weighted by Crippen LogP contribution is -2.47. The molecule has 0 radical (unpaired) electrons. The fraction of sp³-hybridized carbons (Fsp3) is 0.600. The molecule has 1 fully saturated rings. The molecular weight excluding hydrogens is 226 g/mol. The molecule has 0 aliphatic carbocycles. The lowest BCUT2D eigenvalue weighted by atomic mass is 10.1. The molecule has 16 heavy (non-hydrogen) atoms. The van der Waals surface area contributed by atoms with E-state index in [0.717, 1.165) is 5.03 Å². The van der Waals surface area contributed by atoms with Crippen LogP contribution in [0.4, 0.5) is 5.95 Å². The van der Waals surface area contributed by atoms with Crippen molar-refractivity contribution < 1.29 is 10.2 Å². The number of aliphatic hydroxyl groups excluding tert-OH is 2. The Balaban J connectivity index is 2.12. The van der Waals surface area contributed by atoms with Crippen molar-refractivity contribution in [3.05, 3.63) is 12.3 Å². The number of anilines is 1. The predicted molar refractivity (Wildman–Crippen MR) is 62.7 cm³/mol. The van der Waals surface area contributed by atoms with Gasteiger partial charge >= 0.3 is 0 Å². The second-order valence-electron chi connectivity index (χ2n) is 3.77. The summed E-state index contributed by atoms with van der Waals surface area (Å²) in [4.78, 5) is 10.4. The van der Waals surface area contributed by atoms with Gasteiger partial charge in [-0.1, -0.05) is 0 Å². The number of hydrogen-bond acceptors (Lipinski definition) is 6. The van der Waals surface area contributed by atoms with Crippen molar-refractivity contribution in [2.24, 2.45) is 0 Å². The van der Waals surface area contributed by atoms with E-state index in [1.807, 2.05) is 17.2 Å². The molecule has 2 N–H and O–H groups in total. The summed E-state index contributed by atoms with van der Waals surface area (Å²) in [5, 5.41) is 19.9. The Morgan fingerprint density at radius 2 is 2.25 bits per heavy atom. The lowest BCUT2D eigenvalue weighted by Gasteiger charge is -2.33. The van der Waals surface area contributed by atoms with Crippen LogP contribution < -0.4 is 4.90 Å². The average Bonchev–Trinajstić information content (AvgIpc) is 2.33. The predicted octanol–water partition coefficient (Wildman–Crippen LogP) is 0.130. The Bertz CT molecular complexity index is 364. The van der Waals surface area contributed by atoms with Crippen LogP contribution >= 0.6 is 11.8 Å². The number of β-amino-alcohol motifs (C(OH)–C–C–N with tert-alkyl or cyclic N) is 1. The highest BCUT2D eigenvalue weighted by molar-refractivity contribution is 7.98. The number of aliphatic hydroxyl groups is 2. The lowest BCUT2D eigenvalue weighted by molar-refractivity contribution is 0.00766. The molecule has 0 amide bonds. The maximum absolute atomic E-state index is 9.58. The molecule has 0 aromatic carbocycles. The summed E-state index contributed by atoms with van der Waals surface area (Å²) in [7, 11) is 0. The SMILES string of the molecule is CSc1ccnc(N2CC[C@@H](O)[C@H](O)C2)n1. The van der Waals surface area contributed by atoms with Gasteiger partial charge in [0.05, 0.1) is 12.2 Å². The van der Waals surface area contributed by atoms with Crippen molar-refractivity contribution in [3.8, 4) is 0 Å².